The van der Waals surface area contributed by atoms with E-state index in [9.17, 15) is 18.0 Å². The smallest absolute Gasteiger partial charge is 0.264 e. The second-order valence-electron chi connectivity index (χ2n) is 8.91. The summed E-state index contributed by atoms with van der Waals surface area (Å²) < 4.78 is 28.3. The van der Waals surface area contributed by atoms with Crippen LogP contribution in [0.15, 0.2) is 71.6 Å². The van der Waals surface area contributed by atoms with Gasteiger partial charge in [-0.2, -0.15) is 0 Å². The van der Waals surface area contributed by atoms with Gasteiger partial charge in [-0.1, -0.05) is 23.8 Å². The van der Waals surface area contributed by atoms with Crippen molar-refractivity contribution in [1.82, 2.24) is 0 Å². The van der Waals surface area contributed by atoms with E-state index in [1.54, 1.807) is 65.6 Å². The zero-order valence-electron chi connectivity index (χ0n) is 20.1. The van der Waals surface area contributed by atoms with Crippen LogP contribution in [-0.2, 0) is 19.6 Å². The molecule has 0 radical (unpaired) electrons. The van der Waals surface area contributed by atoms with Gasteiger partial charge in [0.25, 0.3) is 10.0 Å². The minimum Gasteiger partial charge on any atom is -0.325 e. The van der Waals surface area contributed by atoms with Gasteiger partial charge in [0.1, 0.15) is 6.54 Å². The summed E-state index contributed by atoms with van der Waals surface area (Å²) in [7, 11) is -3.99. The topological polar surface area (TPSA) is 86.8 Å². The molecule has 0 saturated carbocycles. The van der Waals surface area contributed by atoms with Crippen LogP contribution >= 0.6 is 0 Å². The van der Waals surface area contributed by atoms with Crippen molar-refractivity contribution >= 4 is 38.9 Å². The Bertz CT molecular complexity index is 1330. The van der Waals surface area contributed by atoms with E-state index in [0.29, 0.717) is 24.3 Å². The molecule has 1 saturated heterocycles. The molecule has 2 amide bonds. The van der Waals surface area contributed by atoms with Gasteiger partial charge in [0, 0.05) is 24.3 Å². The van der Waals surface area contributed by atoms with Crippen molar-refractivity contribution in [3.05, 3.63) is 83.4 Å². The van der Waals surface area contributed by atoms with Crippen molar-refractivity contribution in [3.8, 4) is 0 Å². The first-order valence-electron chi connectivity index (χ1n) is 11.5. The van der Waals surface area contributed by atoms with E-state index in [1.807, 2.05) is 26.8 Å². The number of anilines is 3. The van der Waals surface area contributed by atoms with Crippen LogP contribution in [0.3, 0.4) is 0 Å². The number of hydrogen-bond donors (Lipinski definition) is 1. The Labute approximate surface area is 206 Å². The van der Waals surface area contributed by atoms with Crippen LogP contribution in [0.2, 0.25) is 0 Å². The standard InChI is InChI=1S/C27H29N3O4S/c1-19-6-12-25(13-7-19)35(33,34)30(24-16-20(2)15-21(3)17-24)18-26(31)28-22-8-10-23(11-9-22)29-14-4-5-27(29)32/h6-13,15-17H,4-5,14,18H2,1-3H3,(H,28,31). The van der Waals surface area contributed by atoms with Gasteiger partial charge in [-0.05, 0) is 86.8 Å². The van der Waals surface area contributed by atoms with Crippen LogP contribution in [0.25, 0.3) is 0 Å². The maximum Gasteiger partial charge on any atom is 0.264 e. The molecule has 1 heterocycles. The van der Waals surface area contributed by atoms with E-state index in [2.05, 4.69) is 5.32 Å². The van der Waals surface area contributed by atoms with E-state index in [1.165, 1.54) is 0 Å². The van der Waals surface area contributed by atoms with Gasteiger partial charge in [-0.15, -0.1) is 0 Å². The van der Waals surface area contributed by atoms with E-state index in [4.69, 9.17) is 0 Å². The lowest BCUT2D eigenvalue weighted by Crippen LogP contribution is -2.38. The van der Waals surface area contributed by atoms with Gasteiger partial charge in [0.2, 0.25) is 11.8 Å². The number of benzene rings is 3. The zero-order chi connectivity index (χ0) is 25.2. The third-order valence-corrected chi connectivity index (χ3v) is 7.71. The highest BCUT2D eigenvalue weighted by molar-refractivity contribution is 7.92. The van der Waals surface area contributed by atoms with Crippen molar-refractivity contribution in [3.63, 3.8) is 0 Å². The Balaban J connectivity index is 1.58. The predicted molar refractivity (Wildman–Crippen MR) is 138 cm³/mol. The molecule has 1 N–H and O–H groups in total. The SMILES string of the molecule is Cc1ccc(S(=O)(=O)N(CC(=O)Nc2ccc(N3CCCC3=O)cc2)c2cc(C)cc(C)c2)cc1. The van der Waals surface area contributed by atoms with Gasteiger partial charge in [0.05, 0.1) is 10.6 Å². The molecule has 1 aliphatic rings. The van der Waals surface area contributed by atoms with Crippen molar-refractivity contribution < 1.29 is 18.0 Å². The maximum absolute atomic E-state index is 13.6. The molecule has 1 fully saturated rings. The number of rotatable bonds is 7. The number of nitrogens with one attached hydrogen (secondary N) is 1. The number of carbonyl (C=O) groups is 2. The summed E-state index contributed by atoms with van der Waals surface area (Å²) in [6.07, 6.45) is 1.38. The van der Waals surface area contributed by atoms with Crippen LogP contribution < -0.4 is 14.5 Å². The van der Waals surface area contributed by atoms with Crippen LogP contribution in [0.4, 0.5) is 17.1 Å². The normalized spacial score (nSPS) is 13.7. The highest BCUT2D eigenvalue weighted by Gasteiger charge is 2.28. The number of nitrogens with zero attached hydrogens (tertiary/aromatic N) is 2. The largest absolute Gasteiger partial charge is 0.325 e. The number of aryl methyl sites for hydroxylation is 3. The summed E-state index contributed by atoms with van der Waals surface area (Å²) >= 11 is 0. The molecule has 4 rings (SSSR count). The minimum absolute atomic E-state index is 0.0900. The average Bonchev–Trinajstić information content (AvgIpc) is 3.23. The number of sulfonamides is 1. The van der Waals surface area contributed by atoms with Crippen LogP contribution in [-0.4, -0.2) is 33.3 Å². The van der Waals surface area contributed by atoms with Gasteiger partial charge < -0.3 is 10.2 Å². The maximum atomic E-state index is 13.6. The van der Waals surface area contributed by atoms with Crippen molar-refractivity contribution in [1.29, 1.82) is 0 Å². The highest BCUT2D eigenvalue weighted by Crippen LogP contribution is 2.27. The van der Waals surface area contributed by atoms with Gasteiger partial charge >= 0.3 is 0 Å². The number of amides is 2. The lowest BCUT2D eigenvalue weighted by Gasteiger charge is -2.25. The van der Waals surface area contributed by atoms with E-state index < -0.39 is 15.9 Å². The first-order chi connectivity index (χ1) is 16.6. The van der Waals surface area contributed by atoms with Gasteiger partial charge in [0.15, 0.2) is 0 Å². The lowest BCUT2D eigenvalue weighted by atomic mass is 10.1. The molecular formula is C27H29N3O4S. The molecule has 8 heteroatoms. The summed E-state index contributed by atoms with van der Waals surface area (Å²) in [4.78, 5) is 26.8. The van der Waals surface area contributed by atoms with E-state index in [-0.39, 0.29) is 17.3 Å². The van der Waals surface area contributed by atoms with Gasteiger partial charge in [-0.3, -0.25) is 13.9 Å². The number of hydrogen-bond acceptors (Lipinski definition) is 4. The molecule has 1 aliphatic heterocycles. The molecule has 3 aromatic rings. The molecule has 0 aromatic heterocycles. The van der Waals surface area contributed by atoms with E-state index >= 15 is 0 Å². The van der Waals surface area contributed by atoms with Crippen LogP contribution in [0.5, 0.6) is 0 Å². The van der Waals surface area contributed by atoms with Crippen molar-refractivity contribution in [2.75, 3.05) is 27.6 Å². The Kier molecular flexibility index (Phi) is 6.93. The van der Waals surface area contributed by atoms with Crippen molar-refractivity contribution in [2.45, 2.75) is 38.5 Å². The third kappa shape index (κ3) is 5.54. The summed E-state index contributed by atoms with van der Waals surface area (Å²) in [5, 5.41) is 2.78. The first-order valence-corrected chi connectivity index (χ1v) is 13.0. The lowest BCUT2D eigenvalue weighted by molar-refractivity contribution is -0.117. The highest BCUT2D eigenvalue weighted by atomic mass is 32.2. The second-order valence-corrected chi connectivity index (χ2v) is 10.8. The average molecular weight is 492 g/mol. The first kappa shape index (κ1) is 24.5. The Morgan fingerprint density at radius 3 is 2.11 bits per heavy atom. The molecule has 182 valence electrons. The fourth-order valence-corrected chi connectivity index (χ4v) is 5.63. The van der Waals surface area contributed by atoms with Crippen LogP contribution in [0, 0.1) is 20.8 Å². The molecule has 35 heavy (non-hydrogen) atoms. The van der Waals surface area contributed by atoms with E-state index in [0.717, 1.165) is 33.1 Å². The monoisotopic (exact) mass is 491 g/mol. The molecule has 3 aromatic carbocycles. The minimum atomic E-state index is -3.99. The Hall–Kier alpha value is -3.65. The Morgan fingerprint density at radius 2 is 1.54 bits per heavy atom. The second kappa shape index (κ2) is 9.92. The predicted octanol–water partition coefficient (Wildman–Crippen LogP) is 4.57. The quantitative estimate of drug-likeness (QED) is 0.524. The molecule has 0 atom stereocenters. The zero-order valence-corrected chi connectivity index (χ0v) is 20.9. The molecule has 0 bridgehead atoms. The molecular weight excluding hydrogens is 462 g/mol. The summed E-state index contributed by atoms with van der Waals surface area (Å²) in [5.41, 5.74) is 4.48. The molecule has 0 aliphatic carbocycles. The third-order valence-electron chi connectivity index (χ3n) is 5.93. The van der Waals surface area contributed by atoms with Gasteiger partial charge in [-0.25, -0.2) is 8.42 Å². The number of carbonyl (C=O) groups excluding carboxylic acids is 2. The molecule has 7 nitrogen and oxygen atoms in total. The molecule has 0 unspecified atom stereocenters. The molecule has 0 spiro atoms. The van der Waals surface area contributed by atoms with Crippen LogP contribution in [0.1, 0.15) is 29.5 Å². The summed E-state index contributed by atoms with van der Waals surface area (Å²) in [6, 6.07) is 19.0. The summed E-state index contributed by atoms with van der Waals surface area (Å²) in [5.74, 6) is -0.378. The van der Waals surface area contributed by atoms with Crippen molar-refractivity contribution in [2.24, 2.45) is 0 Å². The summed E-state index contributed by atoms with van der Waals surface area (Å²) in [6.45, 7) is 5.97. The Morgan fingerprint density at radius 1 is 0.914 bits per heavy atom. The fourth-order valence-electron chi connectivity index (χ4n) is 4.22. The fraction of sp³-hybridized carbons (Fsp3) is 0.259.